The summed E-state index contributed by atoms with van der Waals surface area (Å²) in [4.78, 5) is 12.2. The fourth-order valence-electron chi connectivity index (χ4n) is 3.36. The summed E-state index contributed by atoms with van der Waals surface area (Å²) in [6.45, 7) is 6.38. The summed E-state index contributed by atoms with van der Waals surface area (Å²) >= 11 is 0. The van der Waals surface area contributed by atoms with Crippen LogP contribution in [0.1, 0.15) is 52.1 Å². The van der Waals surface area contributed by atoms with Gasteiger partial charge in [-0.25, -0.2) is 0 Å². The molecule has 3 rings (SSSR count). The third-order valence-electron chi connectivity index (χ3n) is 4.60. The van der Waals surface area contributed by atoms with E-state index in [1.807, 2.05) is 6.07 Å². The van der Waals surface area contributed by atoms with Gasteiger partial charge in [0, 0.05) is 23.1 Å². The number of nitrogens with one attached hydrogen (secondary N) is 2. The summed E-state index contributed by atoms with van der Waals surface area (Å²) in [6.07, 6.45) is 5.05. The van der Waals surface area contributed by atoms with E-state index < -0.39 is 0 Å². The molecule has 1 aromatic rings. The van der Waals surface area contributed by atoms with Crippen LogP contribution in [0.25, 0.3) is 0 Å². The number of aromatic amines is 1. The van der Waals surface area contributed by atoms with E-state index in [4.69, 9.17) is 0 Å². The summed E-state index contributed by atoms with van der Waals surface area (Å²) in [5, 5.41) is 10.2. The number of hydrogen-bond acceptors (Lipinski definition) is 2. The minimum atomic E-state index is 0.0313. The number of hydrogen-bond donors (Lipinski definition) is 2. The molecular formula is C15H23N3O. The molecule has 2 unspecified atom stereocenters. The summed E-state index contributed by atoms with van der Waals surface area (Å²) in [5.74, 6) is 2.38. The fourth-order valence-corrected chi connectivity index (χ4v) is 3.36. The van der Waals surface area contributed by atoms with Crippen molar-refractivity contribution >= 4 is 11.7 Å². The molecule has 2 atom stereocenters. The largest absolute Gasteiger partial charge is 0.309 e. The lowest BCUT2D eigenvalue weighted by molar-refractivity contribution is -0.117. The third-order valence-corrected chi connectivity index (χ3v) is 4.60. The molecule has 2 saturated carbocycles. The lowest BCUT2D eigenvalue weighted by atomic mass is 9.92. The Morgan fingerprint density at radius 2 is 1.95 bits per heavy atom. The van der Waals surface area contributed by atoms with Crippen LogP contribution in [0.15, 0.2) is 6.07 Å². The minimum absolute atomic E-state index is 0.0313. The Morgan fingerprint density at radius 3 is 2.47 bits per heavy atom. The van der Waals surface area contributed by atoms with Gasteiger partial charge >= 0.3 is 0 Å². The first kappa shape index (κ1) is 12.7. The maximum atomic E-state index is 12.2. The van der Waals surface area contributed by atoms with Crippen LogP contribution >= 0.6 is 0 Å². The van der Waals surface area contributed by atoms with E-state index in [2.05, 4.69) is 36.3 Å². The van der Waals surface area contributed by atoms with Gasteiger partial charge in [0.25, 0.3) is 0 Å². The van der Waals surface area contributed by atoms with Gasteiger partial charge in [-0.3, -0.25) is 9.89 Å². The standard InChI is InChI=1S/C15H23N3O/c1-15(2,3)11-8-12(18-17-11)16-14(19)13-9-6-4-5-7-10(9)13/h8-10,13H,4-7H2,1-3H3,(H2,16,17,18,19). The predicted octanol–water partition coefficient (Wildman–Crippen LogP) is 3.08. The van der Waals surface area contributed by atoms with Crippen molar-refractivity contribution in [1.29, 1.82) is 0 Å². The van der Waals surface area contributed by atoms with Gasteiger partial charge in [-0.05, 0) is 24.7 Å². The maximum absolute atomic E-state index is 12.2. The number of carbonyl (C=O) groups excluding carboxylic acids is 1. The highest BCUT2D eigenvalue weighted by molar-refractivity contribution is 5.94. The van der Waals surface area contributed by atoms with Gasteiger partial charge in [0.05, 0.1) is 0 Å². The molecule has 1 heterocycles. The normalized spacial score (nSPS) is 29.7. The zero-order valence-electron chi connectivity index (χ0n) is 12.0. The van der Waals surface area contributed by atoms with E-state index in [0.29, 0.717) is 17.7 Å². The van der Waals surface area contributed by atoms with Crippen LogP contribution in [-0.2, 0) is 10.2 Å². The number of fused-ring (bicyclic) bond motifs is 1. The van der Waals surface area contributed by atoms with E-state index in [1.165, 1.54) is 25.7 Å². The molecule has 4 nitrogen and oxygen atoms in total. The number of amides is 1. The molecule has 0 spiro atoms. The molecule has 2 aliphatic carbocycles. The van der Waals surface area contributed by atoms with Crippen molar-refractivity contribution in [3.8, 4) is 0 Å². The van der Waals surface area contributed by atoms with Crippen molar-refractivity contribution in [3.05, 3.63) is 11.8 Å². The molecule has 2 N–H and O–H groups in total. The first-order valence-electron chi connectivity index (χ1n) is 7.33. The van der Waals surface area contributed by atoms with Crippen molar-refractivity contribution in [2.45, 2.75) is 51.9 Å². The Kier molecular flexibility index (Phi) is 2.91. The molecule has 0 aliphatic heterocycles. The molecule has 0 bridgehead atoms. The van der Waals surface area contributed by atoms with Gasteiger partial charge in [0.2, 0.25) is 5.91 Å². The van der Waals surface area contributed by atoms with Crippen LogP contribution in [0, 0.1) is 17.8 Å². The zero-order chi connectivity index (χ0) is 13.6. The van der Waals surface area contributed by atoms with Gasteiger partial charge in [-0.15, -0.1) is 0 Å². The van der Waals surface area contributed by atoms with Gasteiger partial charge in [-0.1, -0.05) is 33.6 Å². The smallest absolute Gasteiger partial charge is 0.229 e. The number of rotatable bonds is 2. The summed E-state index contributed by atoms with van der Waals surface area (Å²) < 4.78 is 0. The molecular weight excluding hydrogens is 238 g/mol. The molecule has 0 saturated heterocycles. The number of H-pyrrole nitrogens is 1. The van der Waals surface area contributed by atoms with Crippen LogP contribution in [0.3, 0.4) is 0 Å². The van der Waals surface area contributed by atoms with Crippen molar-refractivity contribution in [1.82, 2.24) is 10.2 Å². The van der Waals surface area contributed by atoms with E-state index in [9.17, 15) is 4.79 Å². The number of nitrogens with zero attached hydrogens (tertiary/aromatic N) is 1. The molecule has 4 heteroatoms. The van der Waals surface area contributed by atoms with Gasteiger partial charge in [0.1, 0.15) is 0 Å². The van der Waals surface area contributed by atoms with Crippen molar-refractivity contribution in [2.24, 2.45) is 17.8 Å². The second-order valence-electron chi connectivity index (χ2n) is 7.04. The predicted molar refractivity (Wildman–Crippen MR) is 74.9 cm³/mol. The van der Waals surface area contributed by atoms with Crippen LogP contribution in [0.5, 0.6) is 0 Å². The Balaban J connectivity index is 1.63. The highest BCUT2D eigenvalue weighted by atomic mass is 16.2. The fraction of sp³-hybridized carbons (Fsp3) is 0.733. The number of carbonyl (C=O) groups is 1. The van der Waals surface area contributed by atoms with Crippen molar-refractivity contribution < 1.29 is 4.79 Å². The second-order valence-corrected chi connectivity index (χ2v) is 7.04. The van der Waals surface area contributed by atoms with Gasteiger partial charge in [0.15, 0.2) is 5.82 Å². The Hall–Kier alpha value is -1.32. The highest BCUT2D eigenvalue weighted by Gasteiger charge is 2.54. The third kappa shape index (κ3) is 2.40. The topological polar surface area (TPSA) is 57.8 Å². The van der Waals surface area contributed by atoms with E-state index in [1.54, 1.807) is 0 Å². The zero-order valence-corrected chi connectivity index (χ0v) is 12.0. The van der Waals surface area contributed by atoms with Crippen LogP contribution in [0.4, 0.5) is 5.82 Å². The first-order valence-corrected chi connectivity index (χ1v) is 7.33. The summed E-state index contributed by atoms with van der Waals surface area (Å²) in [5.41, 5.74) is 1.08. The molecule has 0 radical (unpaired) electrons. The Morgan fingerprint density at radius 1 is 1.32 bits per heavy atom. The molecule has 0 aromatic carbocycles. The Bertz CT molecular complexity index is 474. The maximum Gasteiger partial charge on any atom is 0.229 e. The lowest BCUT2D eigenvalue weighted by Crippen LogP contribution is -2.15. The van der Waals surface area contributed by atoms with Crippen LogP contribution < -0.4 is 5.32 Å². The lowest BCUT2D eigenvalue weighted by Gasteiger charge is -2.14. The minimum Gasteiger partial charge on any atom is -0.309 e. The molecule has 19 heavy (non-hydrogen) atoms. The molecule has 1 aromatic heterocycles. The molecule has 1 amide bonds. The van der Waals surface area contributed by atoms with E-state index in [-0.39, 0.29) is 17.2 Å². The van der Waals surface area contributed by atoms with Crippen molar-refractivity contribution in [2.75, 3.05) is 5.32 Å². The van der Waals surface area contributed by atoms with Crippen molar-refractivity contribution in [3.63, 3.8) is 0 Å². The SMILES string of the molecule is CC(C)(C)c1cc(NC(=O)C2C3CCCCC32)n[nH]1. The van der Waals surface area contributed by atoms with Crippen LogP contribution in [-0.4, -0.2) is 16.1 Å². The second kappa shape index (κ2) is 4.36. The quantitative estimate of drug-likeness (QED) is 0.859. The number of aromatic nitrogens is 2. The average Bonchev–Trinajstić information content (AvgIpc) is 2.88. The molecule has 2 fully saturated rings. The summed E-state index contributed by atoms with van der Waals surface area (Å²) in [6, 6.07) is 1.95. The molecule has 104 valence electrons. The number of anilines is 1. The van der Waals surface area contributed by atoms with E-state index >= 15 is 0 Å². The highest BCUT2D eigenvalue weighted by Crippen LogP contribution is 2.55. The average molecular weight is 261 g/mol. The summed E-state index contributed by atoms with van der Waals surface area (Å²) in [7, 11) is 0. The van der Waals surface area contributed by atoms with Gasteiger partial charge < -0.3 is 5.32 Å². The monoisotopic (exact) mass is 261 g/mol. The molecule has 2 aliphatic rings. The van der Waals surface area contributed by atoms with Gasteiger partial charge in [-0.2, -0.15) is 5.10 Å². The Labute approximate surface area is 114 Å². The first-order chi connectivity index (χ1) is 8.97. The van der Waals surface area contributed by atoms with E-state index in [0.717, 1.165) is 5.69 Å². The van der Waals surface area contributed by atoms with Crippen LogP contribution in [0.2, 0.25) is 0 Å².